The number of carbonyl (C=O) groups excluding carboxylic acids is 1. The van der Waals surface area contributed by atoms with Crippen molar-refractivity contribution >= 4 is 11.9 Å². The Morgan fingerprint density at radius 1 is 1.53 bits per heavy atom. The normalized spacial score (nSPS) is 19.2. The summed E-state index contributed by atoms with van der Waals surface area (Å²) in [5.41, 5.74) is -0.0292. The number of aromatic hydroxyl groups is 1. The van der Waals surface area contributed by atoms with E-state index in [1.807, 2.05) is 0 Å². The summed E-state index contributed by atoms with van der Waals surface area (Å²) in [4.78, 5) is 28.1. The molecular weight excluding hydrogens is 252 g/mol. The summed E-state index contributed by atoms with van der Waals surface area (Å²) >= 11 is 0. The van der Waals surface area contributed by atoms with E-state index < -0.39 is 18.0 Å². The van der Waals surface area contributed by atoms with Crippen molar-refractivity contribution in [3.63, 3.8) is 0 Å². The Hall–Kier alpha value is -2.15. The second-order valence-corrected chi connectivity index (χ2v) is 4.21. The molecule has 2 N–H and O–H groups in total. The van der Waals surface area contributed by atoms with E-state index in [4.69, 9.17) is 9.84 Å². The summed E-state index contributed by atoms with van der Waals surface area (Å²) in [6, 6.07) is 2.91. The van der Waals surface area contributed by atoms with Crippen molar-refractivity contribution in [3.8, 4) is 5.75 Å². The van der Waals surface area contributed by atoms with Gasteiger partial charge in [-0.15, -0.1) is 0 Å². The zero-order valence-corrected chi connectivity index (χ0v) is 10.2. The third-order valence-electron chi connectivity index (χ3n) is 2.82. The zero-order chi connectivity index (χ0) is 13.8. The molecule has 1 unspecified atom stereocenters. The standard InChI is InChI=1S/C12H14N2O5/c15-9-2-1-3-13-11(9)12(18)14-4-5-19-8(7-14)6-10(16)17/h1-3,8,15H,4-7H2,(H,16,17). The van der Waals surface area contributed by atoms with Crippen LogP contribution in [0.2, 0.25) is 0 Å². The van der Waals surface area contributed by atoms with E-state index in [0.29, 0.717) is 6.54 Å². The third kappa shape index (κ3) is 3.19. The Morgan fingerprint density at radius 3 is 3.00 bits per heavy atom. The first-order valence-electron chi connectivity index (χ1n) is 5.84. The Morgan fingerprint density at radius 2 is 2.32 bits per heavy atom. The molecule has 1 atom stereocenters. The minimum Gasteiger partial charge on any atom is -0.505 e. The first-order chi connectivity index (χ1) is 9.08. The molecule has 0 aromatic carbocycles. The van der Waals surface area contributed by atoms with Crippen molar-refractivity contribution in [1.29, 1.82) is 0 Å². The van der Waals surface area contributed by atoms with Gasteiger partial charge in [0.2, 0.25) is 0 Å². The summed E-state index contributed by atoms with van der Waals surface area (Å²) in [6.07, 6.45) is 0.737. The van der Waals surface area contributed by atoms with E-state index in [-0.39, 0.29) is 31.0 Å². The van der Waals surface area contributed by atoms with Gasteiger partial charge in [-0.1, -0.05) is 0 Å². The van der Waals surface area contributed by atoms with Gasteiger partial charge in [0, 0.05) is 19.3 Å². The summed E-state index contributed by atoms with van der Waals surface area (Å²) in [6.45, 7) is 0.809. The maximum atomic E-state index is 12.2. The lowest BCUT2D eigenvalue weighted by atomic mass is 10.2. The molecule has 0 radical (unpaired) electrons. The molecule has 1 amide bonds. The minimum absolute atomic E-state index is 0.0292. The van der Waals surface area contributed by atoms with E-state index in [1.165, 1.54) is 23.2 Å². The van der Waals surface area contributed by atoms with Gasteiger partial charge in [0.05, 0.1) is 19.1 Å². The number of hydrogen-bond donors (Lipinski definition) is 2. The first kappa shape index (κ1) is 13.3. The average Bonchev–Trinajstić information content (AvgIpc) is 2.38. The number of carbonyl (C=O) groups is 2. The molecule has 2 rings (SSSR count). The molecule has 1 aromatic heterocycles. The van der Waals surface area contributed by atoms with Crippen LogP contribution in [0.15, 0.2) is 18.3 Å². The quantitative estimate of drug-likeness (QED) is 0.805. The molecule has 7 nitrogen and oxygen atoms in total. The second-order valence-electron chi connectivity index (χ2n) is 4.21. The number of pyridine rings is 1. The third-order valence-corrected chi connectivity index (χ3v) is 2.82. The maximum Gasteiger partial charge on any atom is 0.306 e. The molecule has 1 aliphatic rings. The van der Waals surface area contributed by atoms with Crippen molar-refractivity contribution in [2.75, 3.05) is 19.7 Å². The van der Waals surface area contributed by atoms with Gasteiger partial charge in [0.15, 0.2) is 5.69 Å². The van der Waals surface area contributed by atoms with E-state index >= 15 is 0 Å². The van der Waals surface area contributed by atoms with E-state index in [1.54, 1.807) is 0 Å². The molecule has 0 saturated carbocycles. The Labute approximate surface area is 109 Å². The molecule has 1 fully saturated rings. The highest BCUT2D eigenvalue weighted by Gasteiger charge is 2.28. The van der Waals surface area contributed by atoms with E-state index in [2.05, 4.69) is 4.98 Å². The zero-order valence-electron chi connectivity index (χ0n) is 10.2. The summed E-state index contributed by atoms with van der Waals surface area (Å²) in [5, 5.41) is 18.3. The van der Waals surface area contributed by atoms with Crippen LogP contribution in [0.4, 0.5) is 0 Å². The largest absolute Gasteiger partial charge is 0.505 e. The van der Waals surface area contributed by atoms with Gasteiger partial charge < -0.3 is 19.8 Å². The monoisotopic (exact) mass is 266 g/mol. The molecule has 1 aliphatic heterocycles. The molecule has 2 heterocycles. The highest BCUT2D eigenvalue weighted by Crippen LogP contribution is 2.17. The van der Waals surface area contributed by atoms with Crippen LogP contribution >= 0.6 is 0 Å². The number of nitrogens with zero attached hydrogens (tertiary/aromatic N) is 2. The summed E-state index contributed by atoms with van der Waals surface area (Å²) < 4.78 is 5.28. The van der Waals surface area contributed by atoms with E-state index in [9.17, 15) is 14.7 Å². The van der Waals surface area contributed by atoms with Crippen LogP contribution < -0.4 is 0 Å². The molecule has 0 bridgehead atoms. The Kier molecular flexibility index (Phi) is 3.96. The van der Waals surface area contributed by atoms with Crippen LogP contribution in [0.3, 0.4) is 0 Å². The number of carboxylic acids is 1. The number of ether oxygens (including phenoxy) is 1. The number of amides is 1. The number of hydrogen-bond acceptors (Lipinski definition) is 5. The lowest BCUT2D eigenvalue weighted by Crippen LogP contribution is -2.46. The lowest BCUT2D eigenvalue weighted by Gasteiger charge is -2.32. The summed E-state index contributed by atoms with van der Waals surface area (Å²) in [7, 11) is 0. The van der Waals surface area contributed by atoms with Gasteiger partial charge in [-0.25, -0.2) is 4.98 Å². The highest BCUT2D eigenvalue weighted by atomic mass is 16.5. The number of aliphatic carboxylic acids is 1. The number of rotatable bonds is 3. The van der Waals surface area contributed by atoms with Gasteiger partial charge >= 0.3 is 5.97 Å². The fraction of sp³-hybridized carbons (Fsp3) is 0.417. The van der Waals surface area contributed by atoms with Gasteiger partial charge in [-0.05, 0) is 12.1 Å². The van der Waals surface area contributed by atoms with Gasteiger partial charge in [0.25, 0.3) is 5.91 Å². The van der Waals surface area contributed by atoms with Crippen LogP contribution in [0.1, 0.15) is 16.9 Å². The minimum atomic E-state index is -0.972. The fourth-order valence-corrected chi connectivity index (χ4v) is 1.93. The Balaban J connectivity index is 2.07. The molecule has 19 heavy (non-hydrogen) atoms. The van der Waals surface area contributed by atoms with Crippen LogP contribution in [-0.2, 0) is 9.53 Å². The average molecular weight is 266 g/mol. The predicted octanol–water partition coefficient (Wildman–Crippen LogP) is 0.103. The molecule has 0 spiro atoms. The fourth-order valence-electron chi connectivity index (χ4n) is 1.93. The molecule has 0 aliphatic carbocycles. The molecule has 102 valence electrons. The van der Waals surface area contributed by atoms with Gasteiger partial charge in [-0.2, -0.15) is 0 Å². The van der Waals surface area contributed by atoms with Crippen molar-refractivity contribution < 1.29 is 24.5 Å². The molecule has 7 heteroatoms. The number of aromatic nitrogens is 1. The number of morpholine rings is 1. The van der Waals surface area contributed by atoms with Gasteiger partial charge in [-0.3, -0.25) is 9.59 Å². The molecule has 1 saturated heterocycles. The van der Waals surface area contributed by atoms with Crippen molar-refractivity contribution in [2.24, 2.45) is 0 Å². The topological polar surface area (TPSA) is 100.0 Å². The van der Waals surface area contributed by atoms with Crippen LogP contribution in [0.25, 0.3) is 0 Å². The number of carboxylic acid groups (broad SMARTS) is 1. The Bertz CT molecular complexity index is 491. The van der Waals surface area contributed by atoms with E-state index in [0.717, 1.165) is 0 Å². The summed E-state index contributed by atoms with van der Waals surface area (Å²) in [5.74, 6) is -1.58. The SMILES string of the molecule is O=C(O)CC1CN(C(=O)c2ncccc2O)CCO1. The van der Waals surface area contributed by atoms with Crippen molar-refractivity contribution in [3.05, 3.63) is 24.0 Å². The lowest BCUT2D eigenvalue weighted by molar-refractivity contribution is -0.141. The second kappa shape index (κ2) is 5.66. The highest BCUT2D eigenvalue weighted by molar-refractivity contribution is 5.94. The van der Waals surface area contributed by atoms with Crippen LogP contribution in [0.5, 0.6) is 5.75 Å². The molecule has 1 aromatic rings. The van der Waals surface area contributed by atoms with Crippen molar-refractivity contribution in [1.82, 2.24) is 9.88 Å². The van der Waals surface area contributed by atoms with Crippen LogP contribution in [0, 0.1) is 0 Å². The smallest absolute Gasteiger partial charge is 0.306 e. The van der Waals surface area contributed by atoms with Gasteiger partial charge in [0.1, 0.15) is 5.75 Å². The van der Waals surface area contributed by atoms with Crippen molar-refractivity contribution in [2.45, 2.75) is 12.5 Å². The predicted molar refractivity (Wildman–Crippen MR) is 63.8 cm³/mol. The maximum absolute atomic E-state index is 12.2. The first-order valence-corrected chi connectivity index (χ1v) is 5.84. The van der Waals surface area contributed by atoms with Crippen LogP contribution in [-0.4, -0.2) is 57.8 Å². The molecular formula is C12H14N2O5.